The van der Waals surface area contributed by atoms with Crippen molar-refractivity contribution in [3.63, 3.8) is 0 Å². The lowest BCUT2D eigenvalue weighted by Gasteiger charge is -2.27. The summed E-state index contributed by atoms with van der Waals surface area (Å²) in [6, 6.07) is 5.60. The van der Waals surface area contributed by atoms with Gasteiger partial charge in [0.15, 0.2) is 5.82 Å². The van der Waals surface area contributed by atoms with Gasteiger partial charge in [-0.15, -0.1) is 0 Å². The van der Waals surface area contributed by atoms with E-state index in [9.17, 15) is 0 Å². The Morgan fingerprint density at radius 2 is 2.27 bits per heavy atom. The van der Waals surface area contributed by atoms with E-state index in [0.717, 1.165) is 13.1 Å². The molecule has 1 aromatic rings. The lowest BCUT2D eigenvalue weighted by atomic mass is 10.3. The van der Waals surface area contributed by atoms with Gasteiger partial charge in [0.25, 0.3) is 0 Å². The fourth-order valence-corrected chi connectivity index (χ4v) is 1.41. The molecular formula is C10H12N4O. The number of aromatic nitrogens is 1. The van der Waals surface area contributed by atoms with Gasteiger partial charge in [0.1, 0.15) is 6.07 Å². The average Bonchev–Trinajstić information content (AvgIpc) is 2.31. The van der Waals surface area contributed by atoms with E-state index in [2.05, 4.69) is 16.5 Å². The molecule has 1 saturated heterocycles. The van der Waals surface area contributed by atoms with Crippen LogP contribution in [0, 0.1) is 11.3 Å². The third-order valence-corrected chi connectivity index (χ3v) is 2.20. The van der Waals surface area contributed by atoms with Crippen molar-refractivity contribution in [3.8, 4) is 6.07 Å². The van der Waals surface area contributed by atoms with E-state index < -0.39 is 0 Å². The van der Waals surface area contributed by atoms with Crippen LogP contribution < -0.4 is 5.43 Å². The molecule has 0 aliphatic carbocycles. The first-order valence-corrected chi connectivity index (χ1v) is 4.84. The molecule has 0 aromatic carbocycles. The predicted octanol–water partition coefficient (Wildman–Crippen LogP) is 0.612. The molecule has 5 heteroatoms. The molecule has 0 radical (unpaired) electrons. The third-order valence-electron chi connectivity index (χ3n) is 2.20. The molecule has 5 nitrogen and oxygen atoms in total. The molecule has 1 fully saturated rings. The summed E-state index contributed by atoms with van der Waals surface area (Å²) in [4.78, 5) is 4.13. The minimum atomic E-state index is 0.559. The van der Waals surface area contributed by atoms with Crippen LogP contribution in [0.2, 0.25) is 0 Å². The molecule has 1 N–H and O–H groups in total. The maximum Gasteiger partial charge on any atom is 0.158 e. The molecule has 2 rings (SSSR count). The number of nitrogens with one attached hydrogen (secondary N) is 1. The minimum Gasteiger partial charge on any atom is -0.379 e. The van der Waals surface area contributed by atoms with E-state index in [4.69, 9.17) is 10.00 Å². The standard InChI is InChI=1S/C10H12N4O/c11-8-9-2-1-3-12-10(9)13-14-4-6-15-7-5-14/h1-3H,4-7H2,(H,12,13). The van der Waals surface area contributed by atoms with Crippen LogP contribution in [0.5, 0.6) is 0 Å². The SMILES string of the molecule is N#Cc1cccnc1NN1CCOCC1. The number of hydrazine groups is 1. The average molecular weight is 204 g/mol. The van der Waals surface area contributed by atoms with Gasteiger partial charge in [-0.25, -0.2) is 9.99 Å². The second-order valence-electron chi connectivity index (χ2n) is 3.22. The lowest BCUT2D eigenvalue weighted by molar-refractivity contribution is 0.0495. The monoisotopic (exact) mass is 204 g/mol. The Hall–Kier alpha value is -1.64. The van der Waals surface area contributed by atoms with Crippen molar-refractivity contribution in [2.45, 2.75) is 0 Å². The summed E-state index contributed by atoms with van der Waals surface area (Å²) in [5.41, 5.74) is 3.68. The fraction of sp³-hybridized carbons (Fsp3) is 0.400. The van der Waals surface area contributed by atoms with Crippen LogP contribution >= 0.6 is 0 Å². The summed E-state index contributed by atoms with van der Waals surface area (Å²) in [5, 5.41) is 10.9. The number of morpholine rings is 1. The molecule has 1 aliphatic rings. The van der Waals surface area contributed by atoms with Crippen molar-refractivity contribution in [2.75, 3.05) is 31.7 Å². The summed E-state index contributed by atoms with van der Waals surface area (Å²) in [7, 11) is 0. The largest absolute Gasteiger partial charge is 0.379 e. The first kappa shape index (κ1) is 9.90. The predicted molar refractivity (Wildman–Crippen MR) is 55.0 cm³/mol. The Bertz CT molecular complexity index is 368. The molecule has 0 saturated carbocycles. The Morgan fingerprint density at radius 3 is 3.00 bits per heavy atom. The van der Waals surface area contributed by atoms with Crippen molar-refractivity contribution >= 4 is 5.82 Å². The van der Waals surface area contributed by atoms with Crippen molar-refractivity contribution < 1.29 is 4.74 Å². The van der Waals surface area contributed by atoms with E-state index in [1.165, 1.54) is 0 Å². The summed E-state index contributed by atoms with van der Waals surface area (Å²) in [6.45, 7) is 3.03. The van der Waals surface area contributed by atoms with Crippen LogP contribution in [0.1, 0.15) is 5.56 Å². The highest BCUT2D eigenvalue weighted by molar-refractivity contribution is 5.50. The zero-order chi connectivity index (χ0) is 10.5. The number of nitriles is 1. The van der Waals surface area contributed by atoms with Gasteiger partial charge in [-0.2, -0.15) is 5.26 Å². The molecule has 15 heavy (non-hydrogen) atoms. The van der Waals surface area contributed by atoms with Crippen LogP contribution in [-0.4, -0.2) is 36.3 Å². The van der Waals surface area contributed by atoms with Gasteiger partial charge in [0.05, 0.1) is 18.8 Å². The topological polar surface area (TPSA) is 61.2 Å². The number of rotatable bonds is 2. The van der Waals surface area contributed by atoms with Crippen molar-refractivity contribution in [2.24, 2.45) is 0 Å². The summed E-state index contributed by atoms with van der Waals surface area (Å²) < 4.78 is 5.23. The molecule has 0 bridgehead atoms. The zero-order valence-electron chi connectivity index (χ0n) is 8.31. The molecule has 0 unspecified atom stereocenters. The highest BCUT2D eigenvalue weighted by Crippen LogP contribution is 2.11. The number of ether oxygens (including phenoxy) is 1. The molecule has 0 atom stereocenters. The van der Waals surface area contributed by atoms with Crippen LogP contribution in [-0.2, 0) is 4.74 Å². The van der Waals surface area contributed by atoms with E-state index in [1.54, 1.807) is 18.3 Å². The van der Waals surface area contributed by atoms with E-state index in [-0.39, 0.29) is 0 Å². The Kier molecular flexibility index (Phi) is 3.12. The first-order valence-electron chi connectivity index (χ1n) is 4.84. The molecule has 78 valence electrons. The zero-order valence-corrected chi connectivity index (χ0v) is 8.31. The van der Waals surface area contributed by atoms with Gasteiger partial charge in [-0.3, -0.25) is 0 Å². The van der Waals surface area contributed by atoms with Gasteiger partial charge >= 0.3 is 0 Å². The maximum atomic E-state index is 8.87. The highest BCUT2D eigenvalue weighted by Gasteiger charge is 2.11. The van der Waals surface area contributed by atoms with Gasteiger partial charge < -0.3 is 10.2 Å². The highest BCUT2D eigenvalue weighted by atomic mass is 16.5. The van der Waals surface area contributed by atoms with Gasteiger partial charge in [0.2, 0.25) is 0 Å². The van der Waals surface area contributed by atoms with Crippen molar-refractivity contribution in [1.29, 1.82) is 5.26 Å². The normalized spacial score (nSPS) is 17.0. The second-order valence-corrected chi connectivity index (χ2v) is 3.22. The Morgan fingerprint density at radius 1 is 1.47 bits per heavy atom. The van der Waals surface area contributed by atoms with Crippen LogP contribution in [0.4, 0.5) is 5.82 Å². The lowest BCUT2D eigenvalue weighted by Crippen LogP contribution is -2.40. The van der Waals surface area contributed by atoms with Gasteiger partial charge in [0, 0.05) is 19.3 Å². The van der Waals surface area contributed by atoms with E-state index in [0.29, 0.717) is 24.6 Å². The summed E-state index contributed by atoms with van der Waals surface area (Å²) >= 11 is 0. The van der Waals surface area contributed by atoms with Crippen LogP contribution in [0.15, 0.2) is 18.3 Å². The molecule has 0 amide bonds. The molecule has 0 spiro atoms. The van der Waals surface area contributed by atoms with Crippen molar-refractivity contribution in [3.05, 3.63) is 23.9 Å². The van der Waals surface area contributed by atoms with E-state index >= 15 is 0 Å². The molecule has 1 aliphatic heterocycles. The number of nitrogens with zero attached hydrogens (tertiary/aromatic N) is 3. The molecule has 2 heterocycles. The van der Waals surface area contributed by atoms with E-state index in [1.807, 2.05) is 5.01 Å². The maximum absolute atomic E-state index is 8.87. The first-order chi connectivity index (χ1) is 7.40. The Balaban J connectivity index is 2.06. The van der Waals surface area contributed by atoms with Crippen molar-refractivity contribution in [1.82, 2.24) is 9.99 Å². The van der Waals surface area contributed by atoms with Gasteiger partial charge in [-0.05, 0) is 12.1 Å². The number of anilines is 1. The van der Waals surface area contributed by atoms with Gasteiger partial charge in [-0.1, -0.05) is 0 Å². The smallest absolute Gasteiger partial charge is 0.158 e. The fourth-order valence-electron chi connectivity index (χ4n) is 1.41. The second kappa shape index (κ2) is 4.73. The van der Waals surface area contributed by atoms with Crippen LogP contribution in [0.3, 0.4) is 0 Å². The minimum absolute atomic E-state index is 0.559. The summed E-state index contributed by atoms with van der Waals surface area (Å²) in [5.74, 6) is 0.613. The van der Waals surface area contributed by atoms with Crippen LogP contribution in [0.25, 0.3) is 0 Å². The quantitative estimate of drug-likeness (QED) is 0.764. The Labute approximate surface area is 88.3 Å². The summed E-state index contributed by atoms with van der Waals surface area (Å²) in [6.07, 6.45) is 1.67. The molecule has 1 aromatic heterocycles. The third kappa shape index (κ3) is 2.43. The molecular weight excluding hydrogens is 192 g/mol. The number of pyridine rings is 1. The number of hydrogen-bond donors (Lipinski definition) is 1. The number of hydrogen-bond acceptors (Lipinski definition) is 5.